The summed E-state index contributed by atoms with van der Waals surface area (Å²) in [6, 6.07) is 4.76. The molecule has 0 fully saturated rings. The second-order valence-corrected chi connectivity index (χ2v) is 8.17. The molecule has 0 spiro atoms. The van der Waals surface area contributed by atoms with Crippen molar-refractivity contribution in [2.24, 2.45) is 4.40 Å². The van der Waals surface area contributed by atoms with E-state index in [1.165, 1.54) is 19.9 Å². The van der Waals surface area contributed by atoms with Gasteiger partial charge in [0.1, 0.15) is 16.8 Å². The second-order valence-electron chi connectivity index (χ2n) is 6.26. The van der Waals surface area contributed by atoms with E-state index in [1.54, 1.807) is 19.1 Å². The van der Waals surface area contributed by atoms with E-state index >= 15 is 0 Å². The predicted molar refractivity (Wildman–Crippen MR) is 81.8 cm³/mol. The molecule has 1 rings (SSSR count). The van der Waals surface area contributed by atoms with E-state index in [1.807, 2.05) is 20.8 Å². The molecule has 0 aliphatic rings. The summed E-state index contributed by atoms with van der Waals surface area (Å²) in [4.78, 5) is 0. The molecule has 0 aliphatic heterocycles. The monoisotopic (exact) mass is 299 g/mol. The highest BCUT2D eigenvalue weighted by Crippen LogP contribution is 2.25. The lowest BCUT2D eigenvalue weighted by molar-refractivity contribution is 0.0745. The topological polar surface area (TPSA) is 49.7 Å². The first-order valence-corrected chi connectivity index (χ1v) is 7.54. The molecule has 0 bridgehead atoms. The van der Waals surface area contributed by atoms with Crippen LogP contribution in [-0.2, 0) is 16.6 Å². The fourth-order valence-corrected chi connectivity index (χ4v) is 2.22. The number of hydrogen-bond acceptors (Lipinski definition) is 2. The van der Waals surface area contributed by atoms with Gasteiger partial charge in [-0.05, 0) is 41.5 Å². The van der Waals surface area contributed by atoms with E-state index in [9.17, 15) is 13.7 Å². The van der Waals surface area contributed by atoms with Crippen molar-refractivity contribution in [3.63, 3.8) is 0 Å². The van der Waals surface area contributed by atoms with Crippen molar-refractivity contribution in [3.05, 3.63) is 35.1 Å². The molecule has 0 heterocycles. The minimum atomic E-state index is -1.45. The zero-order chi connectivity index (χ0) is 15.7. The minimum Gasteiger partial charge on any atom is -0.386 e. The molecule has 0 aromatic heterocycles. The Labute approximate surface area is 122 Å². The Hall–Kier alpha value is -1.07. The maximum absolute atomic E-state index is 14.4. The lowest BCUT2D eigenvalue weighted by Gasteiger charge is -2.20. The van der Waals surface area contributed by atoms with Crippen LogP contribution < -0.4 is 0 Å². The highest BCUT2D eigenvalue weighted by Gasteiger charge is 2.24. The Kier molecular flexibility index (Phi) is 4.87. The van der Waals surface area contributed by atoms with Crippen LogP contribution in [0.5, 0.6) is 0 Å². The number of rotatable bonds is 3. The van der Waals surface area contributed by atoms with Crippen LogP contribution in [0.1, 0.15) is 52.7 Å². The summed E-state index contributed by atoms with van der Waals surface area (Å²) in [5.41, 5.74) is -0.445. The summed E-state index contributed by atoms with van der Waals surface area (Å²) >= 11 is 0. The van der Waals surface area contributed by atoms with Gasteiger partial charge in [0.05, 0.1) is 16.1 Å². The quantitative estimate of drug-likeness (QED) is 0.870. The normalized spacial score (nSPS) is 15.3. The third-order valence-electron chi connectivity index (χ3n) is 2.79. The summed E-state index contributed by atoms with van der Waals surface area (Å²) in [5.74, 6) is -0.521. The number of aliphatic hydroxyl groups is 1. The molecule has 1 atom stereocenters. The summed E-state index contributed by atoms with van der Waals surface area (Å²) in [5, 5.41) is 9.95. The van der Waals surface area contributed by atoms with E-state index < -0.39 is 27.2 Å². The molecule has 20 heavy (non-hydrogen) atoms. The first-order valence-electron chi connectivity index (χ1n) is 6.43. The molecule has 0 amide bonds. The Morgan fingerprint density at radius 1 is 1.25 bits per heavy atom. The maximum atomic E-state index is 14.4. The van der Waals surface area contributed by atoms with Crippen LogP contribution in [0.2, 0.25) is 0 Å². The van der Waals surface area contributed by atoms with Gasteiger partial charge in [0.15, 0.2) is 0 Å². The molecule has 0 aliphatic carbocycles. The van der Waals surface area contributed by atoms with E-state index in [-0.39, 0.29) is 11.1 Å². The van der Waals surface area contributed by atoms with Crippen molar-refractivity contribution < 1.29 is 13.7 Å². The fourth-order valence-electron chi connectivity index (χ4n) is 1.59. The van der Waals surface area contributed by atoms with Crippen molar-refractivity contribution in [1.29, 1.82) is 0 Å². The van der Waals surface area contributed by atoms with Crippen molar-refractivity contribution in [1.82, 2.24) is 0 Å². The Morgan fingerprint density at radius 3 is 2.25 bits per heavy atom. The first-order chi connectivity index (χ1) is 8.94. The molecule has 5 heteroatoms. The molecule has 1 N–H and O–H groups in total. The van der Waals surface area contributed by atoms with Crippen LogP contribution >= 0.6 is 0 Å². The van der Waals surface area contributed by atoms with Crippen LogP contribution in [-0.4, -0.2) is 19.8 Å². The molecule has 0 saturated carbocycles. The molecular weight excluding hydrogens is 277 g/mol. The van der Waals surface area contributed by atoms with E-state index in [0.29, 0.717) is 5.71 Å². The summed E-state index contributed by atoms with van der Waals surface area (Å²) in [7, 11) is -1.45. The van der Waals surface area contributed by atoms with E-state index in [0.717, 1.165) is 0 Å². The number of hydrogen-bond donors (Lipinski definition) is 1. The average Bonchev–Trinajstić information content (AvgIpc) is 2.26. The summed E-state index contributed by atoms with van der Waals surface area (Å²) in [6.45, 7) is 10.1. The van der Waals surface area contributed by atoms with Gasteiger partial charge in [0.2, 0.25) is 0 Å². The van der Waals surface area contributed by atoms with Crippen LogP contribution in [0.4, 0.5) is 4.39 Å². The second kappa shape index (κ2) is 5.74. The molecule has 3 nitrogen and oxygen atoms in total. The molecule has 0 radical (unpaired) electrons. The number of benzene rings is 1. The van der Waals surface area contributed by atoms with Gasteiger partial charge in [-0.25, -0.2) is 8.60 Å². The van der Waals surface area contributed by atoms with E-state index in [2.05, 4.69) is 4.40 Å². The fraction of sp³-hybridized carbons (Fsp3) is 0.533. The van der Waals surface area contributed by atoms with E-state index in [4.69, 9.17) is 0 Å². The molecule has 0 saturated heterocycles. The number of nitrogens with zero attached hydrogens (tertiary/aromatic N) is 1. The largest absolute Gasteiger partial charge is 0.386 e. The summed E-state index contributed by atoms with van der Waals surface area (Å²) in [6.07, 6.45) is 0. The van der Waals surface area contributed by atoms with Crippen LogP contribution in [0.25, 0.3) is 0 Å². The summed E-state index contributed by atoms with van der Waals surface area (Å²) < 4.78 is 30.0. The van der Waals surface area contributed by atoms with Gasteiger partial charge in [-0.3, -0.25) is 0 Å². The zero-order valence-electron chi connectivity index (χ0n) is 12.8. The maximum Gasteiger partial charge on any atom is 0.145 e. The molecule has 1 aromatic rings. The van der Waals surface area contributed by atoms with Crippen LogP contribution in [0.15, 0.2) is 22.6 Å². The van der Waals surface area contributed by atoms with Crippen LogP contribution in [0, 0.1) is 5.82 Å². The van der Waals surface area contributed by atoms with Gasteiger partial charge in [0.25, 0.3) is 0 Å². The molecule has 1 unspecified atom stereocenters. The smallest absolute Gasteiger partial charge is 0.145 e. The molecular formula is C15H22FNO2S. The third-order valence-corrected chi connectivity index (χ3v) is 4.28. The predicted octanol–water partition coefficient (Wildman–Crippen LogP) is 3.32. The highest BCUT2D eigenvalue weighted by atomic mass is 32.2. The van der Waals surface area contributed by atoms with Gasteiger partial charge in [-0.2, -0.15) is 4.40 Å². The Bertz CT molecular complexity index is 554. The van der Waals surface area contributed by atoms with Crippen LogP contribution in [0.3, 0.4) is 0 Å². The average molecular weight is 299 g/mol. The Balaban J connectivity index is 3.29. The van der Waals surface area contributed by atoms with Gasteiger partial charge in [-0.1, -0.05) is 18.2 Å². The van der Waals surface area contributed by atoms with Gasteiger partial charge in [0, 0.05) is 11.1 Å². The van der Waals surface area contributed by atoms with Gasteiger partial charge < -0.3 is 5.11 Å². The third kappa shape index (κ3) is 3.96. The lowest BCUT2D eigenvalue weighted by atomic mass is 9.94. The molecule has 112 valence electrons. The van der Waals surface area contributed by atoms with Crippen molar-refractivity contribution in [2.45, 2.75) is 51.9 Å². The van der Waals surface area contributed by atoms with Gasteiger partial charge >= 0.3 is 0 Å². The van der Waals surface area contributed by atoms with Crippen molar-refractivity contribution in [2.75, 3.05) is 0 Å². The van der Waals surface area contributed by atoms with Crippen molar-refractivity contribution in [3.8, 4) is 0 Å². The first kappa shape index (κ1) is 17.0. The lowest BCUT2D eigenvalue weighted by Crippen LogP contribution is -2.22. The highest BCUT2D eigenvalue weighted by molar-refractivity contribution is 7.85. The number of halogens is 1. The van der Waals surface area contributed by atoms with Crippen molar-refractivity contribution >= 4 is 16.7 Å². The van der Waals surface area contributed by atoms with Gasteiger partial charge in [-0.15, -0.1) is 0 Å². The molecule has 1 aromatic carbocycles. The zero-order valence-corrected chi connectivity index (χ0v) is 13.6. The minimum absolute atomic E-state index is 0.200. The standard InChI is InChI=1S/C15H22FNO2S/c1-10(17-20(19)14(2,3)4)11-8-7-9-12(13(11)16)15(5,6)18/h7-9,18H,1-6H3. The SMILES string of the molecule is CC(=NS(=O)C(C)(C)C)c1cccc(C(C)(C)O)c1F. The Morgan fingerprint density at radius 2 is 1.80 bits per heavy atom.